The second-order valence-corrected chi connectivity index (χ2v) is 2.51. The molecule has 3 N–H and O–H groups in total. The van der Waals surface area contributed by atoms with Gasteiger partial charge < -0.3 is 11.1 Å². The van der Waals surface area contributed by atoms with E-state index in [1.807, 2.05) is 0 Å². The third kappa shape index (κ3) is 1.63. The molecule has 0 saturated carbocycles. The summed E-state index contributed by atoms with van der Waals surface area (Å²) in [6.07, 6.45) is -0.150. The average Bonchev–Trinajstić information content (AvgIpc) is 1.60. The van der Waals surface area contributed by atoms with Crippen molar-refractivity contribution < 1.29 is 4.39 Å². The van der Waals surface area contributed by atoms with E-state index >= 15 is 0 Å². The summed E-state index contributed by atoms with van der Waals surface area (Å²) in [5.41, 5.74) is 5.19. The Kier molecular flexibility index (Phi) is 2.42. The SMILES string of the molecule is NCCC(F)C1CNC1. The van der Waals surface area contributed by atoms with Gasteiger partial charge >= 0.3 is 0 Å². The molecule has 1 atom stereocenters. The maximum absolute atomic E-state index is 12.7. The van der Waals surface area contributed by atoms with Crippen molar-refractivity contribution in [2.24, 2.45) is 11.7 Å². The predicted molar refractivity (Wildman–Crippen MR) is 34.9 cm³/mol. The van der Waals surface area contributed by atoms with Gasteiger partial charge in [0.05, 0.1) is 0 Å². The summed E-state index contributed by atoms with van der Waals surface area (Å²) in [6.45, 7) is 2.14. The number of hydrogen-bond donors (Lipinski definition) is 2. The van der Waals surface area contributed by atoms with Gasteiger partial charge in [-0.05, 0) is 13.0 Å². The van der Waals surface area contributed by atoms with Gasteiger partial charge in [0.2, 0.25) is 0 Å². The monoisotopic (exact) mass is 132 g/mol. The summed E-state index contributed by atoms with van der Waals surface area (Å²) < 4.78 is 12.7. The van der Waals surface area contributed by atoms with Crippen molar-refractivity contribution in [2.45, 2.75) is 12.6 Å². The highest BCUT2D eigenvalue weighted by atomic mass is 19.1. The molecule has 1 saturated heterocycles. The van der Waals surface area contributed by atoms with E-state index in [1.165, 1.54) is 0 Å². The van der Waals surface area contributed by atoms with Crippen LogP contribution >= 0.6 is 0 Å². The Hall–Kier alpha value is -0.150. The molecular weight excluding hydrogens is 119 g/mol. The number of rotatable bonds is 3. The molecule has 0 bridgehead atoms. The van der Waals surface area contributed by atoms with E-state index in [-0.39, 0.29) is 5.92 Å². The lowest BCUT2D eigenvalue weighted by Crippen LogP contribution is -2.47. The Morgan fingerprint density at radius 1 is 1.67 bits per heavy atom. The van der Waals surface area contributed by atoms with Crippen LogP contribution in [0.5, 0.6) is 0 Å². The highest BCUT2D eigenvalue weighted by Crippen LogP contribution is 2.14. The number of halogens is 1. The van der Waals surface area contributed by atoms with Crippen LogP contribution in [0.1, 0.15) is 6.42 Å². The van der Waals surface area contributed by atoms with E-state index in [2.05, 4.69) is 5.32 Å². The fourth-order valence-corrected chi connectivity index (χ4v) is 0.962. The van der Waals surface area contributed by atoms with Crippen LogP contribution < -0.4 is 11.1 Å². The van der Waals surface area contributed by atoms with Gasteiger partial charge in [-0.25, -0.2) is 4.39 Å². The van der Waals surface area contributed by atoms with Gasteiger partial charge in [-0.15, -0.1) is 0 Å². The Morgan fingerprint density at radius 3 is 2.67 bits per heavy atom. The summed E-state index contributed by atoms with van der Waals surface area (Å²) in [5, 5.41) is 3.02. The molecule has 0 radical (unpaired) electrons. The quantitative estimate of drug-likeness (QED) is 0.562. The lowest BCUT2D eigenvalue weighted by atomic mass is 9.95. The molecule has 0 aliphatic carbocycles. The zero-order valence-corrected chi connectivity index (χ0v) is 5.44. The lowest BCUT2D eigenvalue weighted by molar-refractivity contribution is 0.162. The predicted octanol–water partition coefficient (Wildman–Crippen LogP) is -0.107. The second kappa shape index (κ2) is 3.13. The molecule has 0 spiro atoms. The van der Waals surface area contributed by atoms with Crippen molar-refractivity contribution in [3.8, 4) is 0 Å². The Balaban J connectivity index is 2.08. The number of nitrogens with two attached hydrogens (primary N) is 1. The van der Waals surface area contributed by atoms with Crippen molar-refractivity contribution in [3.63, 3.8) is 0 Å². The minimum atomic E-state index is -0.670. The van der Waals surface area contributed by atoms with Crippen LogP contribution in [0.15, 0.2) is 0 Å². The maximum Gasteiger partial charge on any atom is 0.107 e. The third-order valence-electron chi connectivity index (χ3n) is 1.77. The van der Waals surface area contributed by atoms with Crippen molar-refractivity contribution in [2.75, 3.05) is 19.6 Å². The molecule has 1 aliphatic rings. The zero-order valence-electron chi connectivity index (χ0n) is 5.44. The third-order valence-corrected chi connectivity index (χ3v) is 1.77. The van der Waals surface area contributed by atoms with Crippen LogP contribution in [0.4, 0.5) is 4.39 Å². The number of hydrogen-bond acceptors (Lipinski definition) is 2. The van der Waals surface area contributed by atoms with E-state index in [9.17, 15) is 4.39 Å². The highest BCUT2D eigenvalue weighted by molar-refractivity contribution is 4.81. The van der Waals surface area contributed by atoms with Gasteiger partial charge in [-0.2, -0.15) is 0 Å². The summed E-state index contributed by atoms with van der Waals surface area (Å²) >= 11 is 0. The van der Waals surface area contributed by atoms with Gasteiger partial charge in [0, 0.05) is 19.0 Å². The van der Waals surface area contributed by atoms with E-state index < -0.39 is 6.17 Å². The molecule has 2 nitrogen and oxygen atoms in total. The van der Waals surface area contributed by atoms with E-state index in [0.717, 1.165) is 13.1 Å². The van der Waals surface area contributed by atoms with Crippen molar-refractivity contribution in [1.29, 1.82) is 0 Å². The molecule has 0 amide bonds. The van der Waals surface area contributed by atoms with Crippen molar-refractivity contribution in [1.82, 2.24) is 5.32 Å². The Labute approximate surface area is 54.6 Å². The molecule has 54 valence electrons. The summed E-state index contributed by atoms with van der Waals surface area (Å²) in [5.74, 6) is 0.244. The molecule has 0 aromatic heterocycles. The van der Waals surface area contributed by atoms with Crippen LogP contribution in [0.2, 0.25) is 0 Å². The van der Waals surface area contributed by atoms with Crippen molar-refractivity contribution >= 4 is 0 Å². The standard InChI is InChI=1S/C6H13FN2/c7-6(1-2-8)5-3-9-4-5/h5-6,9H,1-4,8H2. The molecule has 1 unspecified atom stereocenters. The topological polar surface area (TPSA) is 38.0 Å². The minimum Gasteiger partial charge on any atom is -0.330 e. The first kappa shape index (κ1) is 6.96. The van der Waals surface area contributed by atoms with Gasteiger partial charge in [0.15, 0.2) is 0 Å². The lowest BCUT2D eigenvalue weighted by Gasteiger charge is -2.29. The Morgan fingerprint density at radius 2 is 2.33 bits per heavy atom. The first-order chi connectivity index (χ1) is 4.34. The van der Waals surface area contributed by atoms with Crippen LogP contribution in [0.3, 0.4) is 0 Å². The first-order valence-electron chi connectivity index (χ1n) is 3.39. The molecule has 3 heteroatoms. The van der Waals surface area contributed by atoms with Gasteiger partial charge in [-0.3, -0.25) is 0 Å². The molecule has 1 rings (SSSR count). The van der Waals surface area contributed by atoms with E-state index in [4.69, 9.17) is 5.73 Å². The average molecular weight is 132 g/mol. The Bertz CT molecular complexity index is 83.1. The van der Waals surface area contributed by atoms with Gasteiger partial charge in [0.1, 0.15) is 6.17 Å². The van der Waals surface area contributed by atoms with Crippen LogP contribution in [0.25, 0.3) is 0 Å². The van der Waals surface area contributed by atoms with Gasteiger partial charge in [0.25, 0.3) is 0 Å². The van der Waals surface area contributed by atoms with Crippen molar-refractivity contribution in [3.05, 3.63) is 0 Å². The zero-order chi connectivity index (χ0) is 6.69. The molecular formula is C6H13FN2. The van der Waals surface area contributed by atoms with Crippen LogP contribution in [0, 0.1) is 5.92 Å². The summed E-state index contributed by atoms with van der Waals surface area (Å²) in [4.78, 5) is 0. The molecule has 0 aromatic carbocycles. The normalized spacial score (nSPS) is 23.3. The fourth-order valence-electron chi connectivity index (χ4n) is 0.962. The highest BCUT2D eigenvalue weighted by Gasteiger charge is 2.25. The first-order valence-corrected chi connectivity index (χ1v) is 3.39. The summed E-state index contributed by atoms with van der Waals surface area (Å²) in [6, 6.07) is 0. The minimum absolute atomic E-state index is 0.244. The molecule has 1 heterocycles. The van der Waals surface area contributed by atoms with E-state index in [0.29, 0.717) is 13.0 Å². The largest absolute Gasteiger partial charge is 0.330 e. The van der Waals surface area contributed by atoms with Crippen LogP contribution in [-0.4, -0.2) is 25.8 Å². The molecule has 1 fully saturated rings. The summed E-state index contributed by atoms with van der Waals surface area (Å²) in [7, 11) is 0. The molecule has 0 aromatic rings. The number of alkyl halides is 1. The molecule has 9 heavy (non-hydrogen) atoms. The fraction of sp³-hybridized carbons (Fsp3) is 1.00. The number of nitrogens with one attached hydrogen (secondary N) is 1. The van der Waals surface area contributed by atoms with E-state index in [1.54, 1.807) is 0 Å². The molecule has 1 aliphatic heterocycles. The van der Waals surface area contributed by atoms with Crippen LogP contribution in [-0.2, 0) is 0 Å². The maximum atomic E-state index is 12.7. The van der Waals surface area contributed by atoms with Gasteiger partial charge in [-0.1, -0.05) is 0 Å². The second-order valence-electron chi connectivity index (χ2n) is 2.51. The smallest absolute Gasteiger partial charge is 0.107 e.